The minimum atomic E-state index is -0.639. The lowest BCUT2D eigenvalue weighted by atomic mass is 10.2. The Balaban J connectivity index is 0.000000684. The summed E-state index contributed by atoms with van der Waals surface area (Å²) >= 11 is 0. The van der Waals surface area contributed by atoms with Gasteiger partial charge in [-0.05, 0) is 25.1 Å². The topological polar surface area (TPSA) is 150 Å². The van der Waals surface area contributed by atoms with Gasteiger partial charge in [0.25, 0.3) is 5.91 Å². The number of hydrogen-bond donors (Lipinski definition) is 4. The van der Waals surface area contributed by atoms with Crippen molar-refractivity contribution in [2.75, 3.05) is 10.6 Å². The standard InChI is InChI=1S/C15H17N9O.C3H6/c1-9(16)21-15-18-8-12(13(17)25)14(23-15)22-10-3-2-4-11(7-10)24-19-5-6-20-24;1-2-3-1/h2-9H,16H2,1H3,(H2,17,25)(H2,18,21,22,23);1-3H2. The molecule has 1 fully saturated rings. The normalized spacial score (nSPS) is 13.1. The van der Waals surface area contributed by atoms with Gasteiger partial charge in [0.1, 0.15) is 11.4 Å². The molecule has 1 aliphatic rings. The molecule has 1 aliphatic carbocycles. The van der Waals surface area contributed by atoms with Gasteiger partial charge in [0.15, 0.2) is 0 Å². The lowest BCUT2D eigenvalue weighted by molar-refractivity contribution is 0.100. The van der Waals surface area contributed by atoms with Crippen molar-refractivity contribution in [1.82, 2.24) is 25.0 Å². The van der Waals surface area contributed by atoms with Crippen LogP contribution >= 0.6 is 0 Å². The van der Waals surface area contributed by atoms with Crippen LogP contribution in [0.25, 0.3) is 5.69 Å². The van der Waals surface area contributed by atoms with Crippen LogP contribution in [0.2, 0.25) is 0 Å². The van der Waals surface area contributed by atoms with Crippen molar-refractivity contribution in [2.24, 2.45) is 11.5 Å². The molecule has 0 aliphatic heterocycles. The lowest BCUT2D eigenvalue weighted by Gasteiger charge is -2.13. The minimum absolute atomic E-state index is 0.165. The average molecular weight is 381 g/mol. The number of amides is 1. The number of benzene rings is 1. The molecule has 0 bridgehead atoms. The fraction of sp³-hybridized carbons (Fsp3) is 0.278. The second-order valence-corrected chi connectivity index (χ2v) is 6.31. The molecule has 6 N–H and O–H groups in total. The number of primary amides is 1. The van der Waals surface area contributed by atoms with E-state index >= 15 is 0 Å². The Hall–Kier alpha value is -3.53. The van der Waals surface area contributed by atoms with Crippen LogP contribution in [-0.2, 0) is 0 Å². The number of nitrogens with zero attached hydrogens (tertiary/aromatic N) is 5. The molecule has 10 heteroatoms. The number of carbonyl (C=O) groups is 1. The second-order valence-electron chi connectivity index (χ2n) is 6.31. The van der Waals surface area contributed by atoms with Crippen LogP contribution in [-0.4, -0.2) is 37.0 Å². The Morgan fingerprint density at radius 2 is 1.93 bits per heavy atom. The molecule has 146 valence electrons. The van der Waals surface area contributed by atoms with E-state index in [1.807, 2.05) is 24.3 Å². The largest absolute Gasteiger partial charge is 0.365 e. The summed E-state index contributed by atoms with van der Waals surface area (Å²) in [5, 5.41) is 14.1. The second kappa shape index (κ2) is 8.91. The van der Waals surface area contributed by atoms with Gasteiger partial charge >= 0.3 is 0 Å². The van der Waals surface area contributed by atoms with Gasteiger partial charge < -0.3 is 22.1 Å². The SMILES string of the molecule is C1CC1.CC(N)Nc1ncc(C(N)=O)c(Nc2cccc(-n3nccn3)c2)n1. The Morgan fingerprint density at radius 3 is 2.54 bits per heavy atom. The van der Waals surface area contributed by atoms with E-state index in [1.54, 1.807) is 19.3 Å². The molecule has 0 spiro atoms. The Bertz CT molecular complexity index is 920. The van der Waals surface area contributed by atoms with Gasteiger partial charge in [-0.3, -0.25) is 4.79 Å². The van der Waals surface area contributed by atoms with Crippen LogP contribution in [0, 0.1) is 0 Å². The summed E-state index contributed by atoms with van der Waals surface area (Å²) in [7, 11) is 0. The summed E-state index contributed by atoms with van der Waals surface area (Å²) in [4.78, 5) is 21.4. The predicted molar refractivity (Wildman–Crippen MR) is 106 cm³/mol. The van der Waals surface area contributed by atoms with Gasteiger partial charge in [-0.2, -0.15) is 20.0 Å². The van der Waals surface area contributed by atoms with Crippen molar-refractivity contribution < 1.29 is 4.79 Å². The highest BCUT2D eigenvalue weighted by atomic mass is 16.1. The third kappa shape index (κ3) is 5.48. The summed E-state index contributed by atoms with van der Waals surface area (Å²) in [6.45, 7) is 1.75. The maximum absolute atomic E-state index is 11.6. The summed E-state index contributed by atoms with van der Waals surface area (Å²) in [6.07, 6.45) is 8.67. The molecule has 4 rings (SSSR count). The molecule has 0 radical (unpaired) electrons. The highest BCUT2D eigenvalue weighted by Crippen LogP contribution is 2.21. The van der Waals surface area contributed by atoms with Gasteiger partial charge in [0.2, 0.25) is 5.95 Å². The van der Waals surface area contributed by atoms with E-state index in [0.29, 0.717) is 5.69 Å². The molecule has 1 unspecified atom stereocenters. The predicted octanol–water partition coefficient (Wildman–Crippen LogP) is 1.79. The number of carbonyl (C=O) groups excluding carboxylic acids is 1. The first kappa shape index (κ1) is 19.2. The molecule has 3 aromatic rings. The Morgan fingerprint density at radius 1 is 1.21 bits per heavy atom. The fourth-order valence-corrected chi connectivity index (χ4v) is 2.12. The summed E-state index contributed by atoms with van der Waals surface area (Å²) in [5.74, 6) is -0.0802. The molecule has 2 aromatic heterocycles. The van der Waals surface area contributed by atoms with Crippen LogP contribution < -0.4 is 22.1 Å². The molecule has 0 saturated heterocycles. The molecule has 10 nitrogen and oxygen atoms in total. The fourth-order valence-electron chi connectivity index (χ4n) is 2.12. The molecule has 28 heavy (non-hydrogen) atoms. The molecule has 2 heterocycles. The number of hydrogen-bond acceptors (Lipinski definition) is 8. The maximum Gasteiger partial charge on any atom is 0.254 e. The molecule has 1 atom stereocenters. The zero-order valence-corrected chi connectivity index (χ0v) is 15.5. The zero-order chi connectivity index (χ0) is 19.9. The summed E-state index contributed by atoms with van der Waals surface area (Å²) in [5.41, 5.74) is 12.7. The van der Waals surface area contributed by atoms with Gasteiger partial charge in [-0.15, -0.1) is 0 Å². The third-order valence-electron chi connectivity index (χ3n) is 3.52. The van der Waals surface area contributed by atoms with Gasteiger partial charge in [-0.25, -0.2) is 4.98 Å². The quantitative estimate of drug-likeness (QED) is 0.472. The molecule has 1 saturated carbocycles. The zero-order valence-electron chi connectivity index (χ0n) is 15.5. The van der Waals surface area contributed by atoms with E-state index in [-0.39, 0.29) is 23.5 Å². The van der Waals surface area contributed by atoms with Crippen LogP contribution in [0.3, 0.4) is 0 Å². The van der Waals surface area contributed by atoms with Crippen LogP contribution in [0.4, 0.5) is 17.5 Å². The van der Waals surface area contributed by atoms with Crippen molar-refractivity contribution in [3.63, 3.8) is 0 Å². The lowest BCUT2D eigenvalue weighted by Crippen LogP contribution is -2.27. The smallest absolute Gasteiger partial charge is 0.254 e. The van der Waals surface area contributed by atoms with Crippen molar-refractivity contribution in [1.29, 1.82) is 0 Å². The van der Waals surface area contributed by atoms with Gasteiger partial charge in [-0.1, -0.05) is 25.3 Å². The van der Waals surface area contributed by atoms with Crippen LogP contribution in [0.5, 0.6) is 0 Å². The van der Waals surface area contributed by atoms with E-state index < -0.39 is 5.91 Å². The van der Waals surface area contributed by atoms with Crippen LogP contribution in [0.1, 0.15) is 36.5 Å². The first-order chi connectivity index (χ1) is 13.5. The van der Waals surface area contributed by atoms with Crippen molar-refractivity contribution >= 4 is 23.4 Å². The Labute approximate surface area is 162 Å². The highest BCUT2D eigenvalue weighted by Gasteiger charge is 2.13. The van der Waals surface area contributed by atoms with E-state index in [9.17, 15) is 4.79 Å². The van der Waals surface area contributed by atoms with E-state index in [1.165, 1.54) is 30.3 Å². The van der Waals surface area contributed by atoms with E-state index in [2.05, 4.69) is 30.8 Å². The number of anilines is 3. The molecular formula is C18H23N9O. The van der Waals surface area contributed by atoms with Crippen molar-refractivity contribution in [3.05, 3.63) is 48.4 Å². The molecule has 1 aromatic carbocycles. The monoisotopic (exact) mass is 381 g/mol. The first-order valence-corrected chi connectivity index (χ1v) is 8.95. The number of rotatable bonds is 6. The average Bonchev–Trinajstić information content (AvgIpc) is 3.44. The van der Waals surface area contributed by atoms with Crippen molar-refractivity contribution in [3.8, 4) is 5.69 Å². The first-order valence-electron chi connectivity index (χ1n) is 8.95. The third-order valence-corrected chi connectivity index (χ3v) is 3.52. The van der Waals surface area contributed by atoms with Crippen LogP contribution in [0.15, 0.2) is 42.9 Å². The number of nitrogens with one attached hydrogen (secondary N) is 2. The number of aromatic nitrogens is 5. The van der Waals surface area contributed by atoms with E-state index in [4.69, 9.17) is 11.5 Å². The van der Waals surface area contributed by atoms with Crippen molar-refractivity contribution in [2.45, 2.75) is 32.4 Å². The van der Waals surface area contributed by atoms with E-state index in [0.717, 1.165) is 5.69 Å². The van der Waals surface area contributed by atoms with Gasteiger partial charge in [0, 0.05) is 11.9 Å². The van der Waals surface area contributed by atoms with Gasteiger partial charge in [0.05, 0.1) is 24.2 Å². The highest BCUT2D eigenvalue weighted by molar-refractivity contribution is 5.98. The molecular weight excluding hydrogens is 358 g/mol. The maximum atomic E-state index is 11.6. The molecule has 1 amide bonds. The minimum Gasteiger partial charge on any atom is -0.365 e. The summed E-state index contributed by atoms with van der Waals surface area (Å²) < 4.78 is 0. The number of nitrogens with two attached hydrogens (primary N) is 2. The summed E-state index contributed by atoms with van der Waals surface area (Å²) in [6, 6.07) is 7.31. The Kier molecular flexibility index (Phi) is 6.12.